The van der Waals surface area contributed by atoms with Crippen molar-refractivity contribution in [3.8, 4) is 23.0 Å². The number of carboxylic acid groups (broad SMARTS) is 1. The molecule has 0 spiro atoms. The summed E-state index contributed by atoms with van der Waals surface area (Å²) in [4.78, 5) is 35.8. The maximum atomic E-state index is 12.4. The van der Waals surface area contributed by atoms with Crippen molar-refractivity contribution in [1.82, 2.24) is 0 Å². The summed E-state index contributed by atoms with van der Waals surface area (Å²) in [5.41, 5.74) is 0.814. The van der Waals surface area contributed by atoms with Crippen LogP contribution in [-0.2, 0) is 0 Å². The van der Waals surface area contributed by atoms with Gasteiger partial charge < -0.3 is 24.8 Å². The molecule has 4 aromatic carbocycles. The fourth-order valence-electron chi connectivity index (χ4n) is 4.45. The molecule has 0 heterocycles. The van der Waals surface area contributed by atoms with Gasteiger partial charge in [0.05, 0.1) is 30.4 Å². The Labute approximate surface area is 257 Å². The summed E-state index contributed by atoms with van der Waals surface area (Å²) >= 11 is 0. The molecule has 0 saturated carbocycles. The first-order chi connectivity index (χ1) is 21.3. The predicted octanol–water partition coefficient (Wildman–Crippen LogP) is 7.69. The van der Waals surface area contributed by atoms with E-state index in [1.807, 2.05) is 18.2 Å². The fourth-order valence-corrected chi connectivity index (χ4v) is 4.45. The number of rotatable bonds is 14. The lowest BCUT2D eigenvalue weighted by atomic mass is 9.97. The van der Waals surface area contributed by atoms with Gasteiger partial charge in [0.15, 0.2) is 11.6 Å². The minimum absolute atomic E-state index is 0.0273. The number of carboxylic acids is 1. The molecule has 0 fully saturated rings. The van der Waals surface area contributed by atoms with Gasteiger partial charge in [0, 0.05) is 23.3 Å². The number of unbranched alkanes of at least 4 members (excludes halogenated alkanes) is 5. The summed E-state index contributed by atoms with van der Waals surface area (Å²) in [7, 11) is 1.44. The van der Waals surface area contributed by atoms with Crippen molar-refractivity contribution in [2.24, 2.45) is 0 Å². The van der Waals surface area contributed by atoms with Gasteiger partial charge in [-0.25, -0.2) is 4.79 Å². The van der Waals surface area contributed by atoms with Crippen LogP contribution in [0.5, 0.6) is 23.0 Å². The highest BCUT2D eigenvalue weighted by atomic mass is 16.5. The SMILES string of the molecule is CCCCCCCCOc1ccc(C(=O)c2ccccc2)c(O)c1.COc1ccc(C(=O)c2ccccc2C(=O)O)c(O)c1. The number of methoxy groups -OCH3 is 1. The molecule has 0 saturated heterocycles. The molecule has 0 atom stereocenters. The van der Waals surface area contributed by atoms with Gasteiger partial charge in [-0.15, -0.1) is 0 Å². The molecule has 0 aliphatic rings. The van der Waals surface area contributed by atoms with Crippen LogP contribution in [0.2, 0.25) is 0 Å². The summed E-state index contributed by atoms with van der Waals surface area (Å²) in [6.45, 7) is 2.85. The van der Waals surface area contributed by atoms with E-state index >= 15 is 0 Å². The molecular formula is C36H38O8. The van der Waals surface area contributed by atoms with E-state index in [-0.39, 0.29) is 34.0 Å². The van der Waals surface area contributed by atoms with E-state index in [2.05, 4.69) is 6.92 Å². The summed E-state index contributed by atoms with van der Waals surface area (Å²) in [6, 6.07) is 23.9. The summed E-state index contributed by atoms with van der Waals surface area (Å²) in [5.74, 6) is -1.21. The van der Waals surface area contributed by atoms with Crippen LogP contribution in [0.4, 0.5) is 0 Å². The van der Waals surface area contributed by atoms with Crippen LogP contribution >= 0.6 is 0 Å². The monoisotopic (exact) mass is 598 g/mol. The molecule has 0 aliphatic heterocycles. The quantitative estimate of drug-likeness (QED) is 0.0995. The van der Waals surface area contributed by atoms with Crippen molar-refractivity contribution in [2.75, 3.05) is 13.7 Å². The van der Waals surface area contributed by atoms with Crippen LogP contribution in [0.3, 0.4) is 0 Å². The van der Waals surface area contributed by atoms with Gasteiger partial charge >= 0.3 is 5.97 Å². The zero-order valence-electron chi connectivity index (χ0n) is 25.0. The van der Waals surface area contributed by atoms with Crippen molar-refractivity contribution in [3.05, 3.63) is 119 Å². The van der Waals surface area contributed by atoms with Crippen LogP contribution in [-0.4, -0.2) is 46.6 Å². The van der Waals surface area contributed by atoms with E-state index in [0.717, 1.165) is 12.8 Å². The molecule has 230 valence electrons. The zero-order valence-corrected chi connectivity index (χ0v) is 25.0. The largest absolute Gasteiger partial charge is 0.507 e. The van der Waals surface area contributed by atoms with E-state index in [0.29, 0.717) is 29.2 Å². The molecule has 4 aromatic rings. The molecule has 8 heteroatoms. The standard InChI is InChI=1S/C21H26O3.C15H12O5/c1-2-3-4-5-6-10-15-24-18-13-14-19(20(22)16-18)21(23)17-11-8-7-9-12-17;1-20-9-6-7-12(13(16)8-9)14(17)10-4-2-3-5-11(10)15(18)19/h7-9,11-14,16,22H,2-6,10,15H2,1H3;2-8,16H,1H3,(H,18,19). The number of hydrogen-bond donors (Lipinski definition) is 3. The van der Waals surface area contributed by atoms with Crippen LogP contribution in [0, 0.1) is 0 Å². The highest BCUT2D eigenvalue weighted by molar-refractivity contribution is 6.15. The third-order valence-electron chi connectivity index (χ3n) is 6.87. The Balaban J connectivity index is 0.000000244. The Kier molecular flexibility index (Phi) is 13.0. The molecule has 4 rings (SSSR count). The van der Waals surface area contributed by atoms with Crippen LogP contribution in [0.25, 0.3) is 0 Å². The number of phenolic OH excluding ortho intramolecular Hbond substituents is 2. The molecular weight excluding hydrogens is 560 g/mol. The van der Waals surface area contributed by atoms with E-state index in [9.17, 15) is 24.6 Å². The maximum Gasteiger partial charge on any atom is 0.336 e. The first-order valence-corrected chi connectivity index (χ1v) is 14.6. The van der Waals surface area contributed by atoms with Gasteiger partial charge in [0.1, 0.15) is 23.0 Å². The normalized spacial score (nSPS) is 10.3. The molecule has 0 aliphatic carbocycles. The molecule has 0 aromatic heterocycles. The topological polar surface area (TPSA) is 130 Å². The van der Waals surface area contributed by atoms with Crippen LogP contribution in [0.1, 0.15) is 87.6 Å². The second-order valence-electron chi connectivity index (χ2n) is 10.1. The zero-order chi connectivity index (χ0) is 31.9. The summed E-state index contributed by atoms with van der Waals surface area (Å²) < 4.78 is 10.6. The lowest BCUT2D eigenvalue weighted by molar-refractivity contribution is 0.0692. The number of carbonyl (C=O) groups excluding carboxylic acids is 2. The Bertz CT molecular complexity index is 1550. The number of benzene rings is 4. The van der Waals surface area contributed by atoms with E-state index in [1.165, 1.54) is 75.3 Å². The summed E-state index contributed by atoms with van der Waals surface area (Å²) in [6.07, 6.45) is 7.25. The van der Waals surface area contributed by atoms with Gasteiger partial charge in [0.25, 0.3) is 0 Å². The average Bonchev–Trinajstić information content (AvgIpc) is 3.04. The number of carbonyl (C=O) groups is 3. The van der Waals surface area contributed by atoms with Gasteiger partial charge in [-0.3, -0.25) is 9.59 Å². The van der Waals surface area contributed by atoms with Gasteiger partial charge in [-0.1, -0.05) is 87.6 Å². The Morgan fingerprint density at radius 2 is 1.16 bits per heavy atom. The second kappa shape index (κ2) is 17.1. The molecule has 0 amide bonds. The number of ketones is 2. The van der Waals surface area contributed by atoms with E-state index < -0.39 is 11.8 Å². The molecule has 8 nitrogen and oxygen atoms in total. The number of aromatic hydroxyl groups is 2. The first-order valence-electron chi connectivity index (χ1n) is 14.6. The molecule has 0 radical (unpaired) electrons. The molecule has 0 unspecified atom stereocenters. The molecule has 0 bridgehead atoms. The number of hydrogen-bond acceptors (Lipinski definition) is 7. The second-order valence-corrected chi connectivity index (χ2v) is 10.1. The van der Waals surface area contributed by atoms with Gasteiger partial charge in [-0.2, -0.15) is 0 Å². The lowest BCUT2D eigenvalue weighted by Crippen LogP contribution is -2.09. The fraction of sp³-hybridized carbons (Fsp3) is 0.250. The number of aromatic carboxylic acids is 1. The minimum atomic E-state index is -1.19. The Morgan fingerprint density at radius 1 is 0.614 bits per heavy atom. The maximum absolute atomic E-state index is 12.4. The van der Waals surface area contributed by atoms with Crippen molar-refractivity contribution in [2.45, 2.75) is 45.4 Å². The van der Waals surface area contributed by atoms with Crippen LogP contribution in [0.15, 0.2) is 91.0 Å². The average molecular weight is 599 g/mol. The predicted molar refractivity (Wildman–Crippen MR) is 168 cm³/mol. The van der Waals surface area contributed by atoms with Crippen molar-refractivity contribution in [3.63, 3.8) is 0 Å². The van der Waals surface area contributed by atoms with E-state index in [4.69, 9.17) is 14.6 Å². The minimum Gasteiger partial charge on any atom is -0.507 e. The number of ether oxygens (including phenoxy) is 2. The van der Waals surface area contributed by atoms with Gasteiger partial charge in [0.2, 0.25) is 0 Å². The Hall–Kier alpha value is -5.11. The van der Waals surface area contributed by atoms with Gasteiger partial charge in [-0.05, 0) is 36.8 Å². The summed E-state index contributed by atoms with van der Waals surface area (Å²) in [5, 5.41) is 29.0. The molecule has 44 heavy (non-hydrogen) atoms. The van der Waals surface area contributed by atoms with Crippen LogP contribution < -0.4 is 9.47 Å². The lowest BCUT2D eigenvalue weighted by Gasteiger charge is -2.09. The third-order valence-corrected chi connectivity index (χ3v) is 6.87. The van der Waals surface area contributed by atoms with Crippen molar-refractivity contribution in [1.29, 1.82) is 0 Å². The third kappa shape index (κ3) is 9.46. The highest BCUT2D eigenvalue weighted by Gasteiger charge is 2.20. The smallest absolute Gasteiger partial charge is 0.336 e. The van der Waals surface area contributed by atoms with Crippen molar-refractivity contribution < 1.29 is 39.2 Å². The Morgan fingerprint density at radius 3 is 1.77 bits per heavy atom. The molecule has 3 N–H and O–H groups in total. The first kappa shape index (κ1) is 33.4. The van der Waals surface area contributed by atoms with Crippen molar-refractivity contribution >= 4 is 17.5 Å². The number of phenols is 2. The van der Waals surface area contributed by atoms with E-state index in [1.54, 1.807) is 30.3 Å². The highest BCUT2D eigenvalue weighted by Crippen LogP contribution is 2.27.